The second-order valence-electron chi connectivity index (χ2n) is 6.49. The van der Waals surface area contributed by atoms with Gasteiger partial charge in [0.25, 0.3) is 11.5 Å². The first-order valence-corrected chi connectivity index (χ1v) is 8.48. The van der Waals surface area contributed by atoms with Gasteiger partial charge in [0.05, 0.1) is 12.1 Å². The Kier molecular flexibility index (Phi) is 5.52. The number of nitrogens with zero attached hydrogens (tertiary/aromatic N) is 2. The molecule has 0 bridgehead atoms. The van der Waals surface area contributed by atoms with Crippen molar-refractivity contribution in [2.45, 2.75) is 25.1 Å². The number of benzene rings is 1. The summed E-state index contributed by atoms with van der Waals surface area (Å²) in [5.74, 6) is -1.43. The number of rotatable bonds is 5. The van der Waals surface area contributed by atoms with Gasteiger partial charge in [-0.25, -0.2) is 9.37 Å². The highest BCUT2D eigenvalue weighted by atomic mass is 19.1. The third-order valence-corrected chi connectivity index (χ3v) is 4.55. The van der Waals surface area contributed by atoms with Crippen LogP contribution >= 0.6 is 0 Å². The molecule has 1 aromatic heterocycles. The summed E-state index contributed by atoms with van der Waals surface area (Å²) in [7, 11) is 3.11. The van der Waals surface area contributed by atoms with Crippen LogP contribution in [0.15, 0.2) is 29.1 Å². The first kappa shape index (κ1) is 19.0. The second-order valence-corrected chi connectivity index (χ2v) is 6.49. The van der Waals surface area contributed by atoms with Gasteiger partial charge >= 0.3 is 0 Å². The maximum atomic E-state index is 13.0. The third kappa shape index (κ3) is 4.15. The number of ether oxygens (including phenoxy) is 1. The van der Waals surface area contributed by atoms with Crippen LogP contribution in [0.5, 0.6) is 5.75 Å². The summed E-state index contributed by atoms with van der Waals surface area (Å²) < 4.78 is 18.3. The van der Waals surface area contributed by atoms with Crippen molar-refractivity contribution in [2.24, 2.45) is 0 Å². The third-order valence-electron chi connectivity index (χ3n) is 4.55. The number of amides is 1. The molecule has 1 saturated heterocycles. The normalized spacial score (nSPS) is 19.2. The molecule has 1 amide bonds. The molecule has 0 spiro atoms. The lowest BCUT2D eigenvalue weighted by Crippen LogP contribution is -2.30. The molecule has 0 radical (unpaired) electrons. The number of methoxy groups -OCH3 is 1. The molecule has 2 aromatic rings. The Labute approximate surface area is 155 Å². The van der Waals surface area contributed by atoms with Crippen molar-refractivity contribution in [3.63, 3.8) is 0 Å². The lowest BCUT2D eigenvalue weighted by Gasteiger charge is -2.18. The van der Waals surface area contributed by atoms with Crippen molar-refractivity contribution in [3.05, 3.63) is 57.5 Å². The quantitative estimate of drug-likeness (QED) is 0.717. The van der Waals surface area contributed by atoms with E-state index in [4.69, 9.17) is 4.74 Å². The maximum absolute atomic E-state index is 13.0. The zero-order valence-corrected chi connectivity index (χ0v) is 15.0. The molecular weight excluding hydrogens is 355 g/mol. The largest absolute Gasteiger partial charge is 0.501 e. The number of carbonyl (C=O) groups excluding carboxylic acids is 1. The number of H-pyrrole nitrogens is 1. The Morgan fingerprint density at radius 3 is 2.74 bits per heavy atom. The lowest BCUT2D eigenvalue weighted by atomic mass is 10.1. The molecule has 0 saturated carbocycles. The smallest absolute Gasteiger partial charge is 0.293 e. The van der Waals surface area contributed by atoms with Crippen LogP contribution in [-0.4, -0.2) is 52.7 Å². The van der Waals surface area contributed by atoms with Crippen molar-refractivity contribution >= 4 is 5.91 Å². The summed E-state index contributed by atoms with van der Waals surface area (Å²) in [6, 6.07) is 5.43. The average molecular weight is 376 g/mol. The zero-order valence-electron chi connectivity index (χ0n) is 15.0. The van der Waals surface area contributed by atoms with Crippen molar-refractivity contribution in [2.75, 3.05) is 20.7 Å². The van der Waals surface area contributed by atoms with Gasteiger partial charge < -0.3 is 25.0 Å². The molecule has 8 nitrogen and oxygen atoms in total. The highest BCUT2D eigenvalue weighted by Gasteiger charge is 2.29. The fraction of sp³-hybridized carbons (Fsp3) is 0.389. The van der Waals surface area contributed by atoms with E-state index in [9.17, 15) is 19.1 Å². The van der Waals surface area contributed by atoms with E-state index in [0.29, 0.717) is 18.5 Å². The van der Waals surface area contributed by atoms with Gasteiger partial charge in [0, 0.05) is 27.2 Å². The van der Waals surface area contributed by atoms with Crippen molar-refractivity contribution < 1.29 is 19.0 Å². The van der Waals surface area contributed by atoms with E-state index < -0.39 is 17.2 Å². The SMILES string of the molecule is CO[C@H]1CN[C@H](c2nc(C(=O)N(C)Cc3ccc(F)cc3)c(O)c(=O)[nH]2)C1. The Balaban J connectivity index is 1.83. The number of aromatic amines is 1. The Bertz CT molecular complexity index is 884. The van der Waals surface area contributed by atoms with Crippen LogP contribution in [-0.2, 0) is 11.3 Å². The van der Waals surface area contributed by atoms with E-state index in [2.05, 4.69) is 15.3 Å². The highest BCUT2D eigenvalue weighted by Crippen LogP contribution is 2.23. The standard InChI is InChI=1S/C18H21FN4O4/c1-23(9-10-3-5-11(19)6-4-10)18(26)14-15(24)17(25)22-16(21-14)13-7-12(27-2)8-20-13/h3-6,12-13,20,24H,7-9H2,1-2H3,(H,21,22,25)/t12-,13+/m1/s1. The molecule has 3 N–H and O–H groups in total. The van der Waals surface area contributed by atoms with Crippen LogP contribution in [0, 0.1) is 5.82 Å². The molecule has 1 aliphatic rings. The molecule has 1 aliphatic heterocycles. The molecule has 144 valence electrons. The number of hydrogen-bond acceptors (Lipinski definition) is 6. The van der Waals surface area contributed by atoms with Crippen LogP contribution in [0.1, 0.15) is 34.3 Å². The van der Waals surface area contributed by atoms with Gasteiger partial charge in [0.1, 0.15) is 11.6 Å². The minimum Gasteiger partial charge on any atom is -0.501 e. The minimum absolute atomic E-state index is 0.0191. The predicted octanol–water partition coefficient (Wildman–Crippen LogP) is 0.936. The fourth-order valence-corrected chi connectivity index (χ4v) is 3.01. The van der Waals surface area contributed by atoms with Gasteiger partial charge in [-0.3, -0.25) is 9.59 Å². The Morgan fingerprint density at radius 2 is 2.11 bits per heavy atom. The van der Waals surface area contributed by atoms with E-state index in [-0.39, 0.29) is 36.0 Å². The van der Waals surface area contributed by atoms with Gasteiger partial charge in [-0.15, -0.1) is 0 Å². The number of aromatic hydroxyl groups is 1. The number of nitrogens with one attached hydrogen (secondary N) is 2. The van der Waals surface area contributed by atoms with Gasteiger partial charge in [-0.05, 0) is 24.1 Å². The summed E-state index contributed by atoms with van der Waals surface area (Å²) in [6.07, 6.45) is 0.568. The molecule has 0 aliphatic carbocycles. The summed E-state index contributed by atoms with van der Waals surface area (Å²) in [5.41, 5.74) is -0.389. The predicted molar refractivity (Wildman–Crippen MR) is 94.9 cm³/mol. The van der Waals surface area contributed by atoms with Crippen LogP contribution in [0.4, 0.5) is 4.39 Å². The summed E-state index contributed by atoms with van der Waals surface area (Å²) in [6.45, 7) is 0.773. The van der Waals surface area contributed by atoms with Crippen LogP contribution in [0.25, 0.3) is 0 Å². The number of aromatic nitrogens is 2. The van der Waals surface area contributed by atoms with Gasteiger partial charge in [-0.2, -0.15) is 0 Å². The number of hydrogen-bond donors (Lipinski definition) is 3. The maximum Gasteiger partial charge on any atom is 0.293 e. The van der Waals surface area contributed by atoms with Gasteiger partial charge in [-0.1, -0.05) is 12.1 Å². The molecule has 9 heteroatoms. The summed E-state index contributed by atoms with van der Waals surface area (Å²) in [5, 5.41) is 13.2. The molecule has 3 rings (SSSR count). The monoisotopic (exact) mass is 376 g/mol. The van der Waals surface area contributed by atoms with Crippen molar-refractivity contribution in [1.29, 1.82) is 0 Å². The average Bonchev–Trinajstić information content (AvgIpc) is 3.14. The van der Waals surface area contributed by atoms with E-state index in [1.54, 1.807) is 19.2 Å². The van der Waals surface area contributed by atoms with Gasteiger partial charge in [0.15, 0.2) is 5.69 Å². The summed E-state index contributed by atoms with van der Waals surface area (Å²) in [4.78, 5) is 32.8. The highest BCUT2D eigenvalue weighted by molar-refractivity contribution is 5.94. The molecule has 1 aromatic carbocycles. The molecule has 0 unspecified atom stereocenters. The summed E-state index contributed by atoms with van der Waals surface area (Å²) >= 11 is 0. The van der Waals surface area contributed by atoms with Crippen LogP contribution in [0.2, 0.25) is 0 Å². The van der Waals surface area contributed by atoms with Crippen molar-refractivity contribution in [1.82, 2.24) is 20.2 Å². The van der Waals surface area contributed by atoms with E-state index >= 15 is 0 Å². The first-order chi connectivity index (χ1) is 12.9. The lowest BCUT2D eigenvalue weighted by molar-refractivity contribution is 0.0774. The molecule has 2 heterocycles. The number of carbonyl (C=O) groups is 1. The Hall–Kier alpha value is -2.78. The van der Waals surface area contributed by atoms with E-state index in [1.165, 1.54) is 24.1 Å². The topological polar surface area (TPSA) is 108 Å². The zero-order chi connectivity index (χ0) is 19.6. The molecule has 2 atom stereocenters. The van der Waals surface area contributed by atoms with Crippen molar-refractivity contribution in [3.8, 4) is 5.75 Å². The minimum atomic E-state index is -0.777. The Morgan fingerprint density at radius 1 is 1.41 bits per heavy atom. The fourth-order valence-electron chi connectivity index (χ4n) is 3.01. The van der Waals surface area contributed by atoms with Gasteiger partial charge in [0.2, 0.25) is 5.75 Å². The van der Waals surface area contributed by atoms with E-state index in [1.807, 2.05) is 0 Å². The first-order valence-electron chi connectivity index (χ1n) is 8.48. The molecule has 27 heavy (non-hydrogen) atoms. The number of halogens is 1. The molecular formula is C18H21FN4O4. The van der Waals surface area contributed by atoms with E-state index in [0.717, 1.165) is 0 Å². The van der Waals surface area contributed by atoms with Crippen LogP contribution < -0.4 is 10.9 Å². The molecule has 1 fully saturated rings. The second kappa shape index (κ2) is 7.85. The van der Waals surface area contributed by atoms with Crippen LogP contribution in [0.3, 0.4) is 0 Å².